The summed E-state index contributed by atoms with van der Waals surface area (Å²) in [5, 5.41) is 0. The van der Waals surface area contributed by atoms with Gasteiger partial charge in [-0.15, -0.1) is 0 Å². The SMILES string of the molecule is CCC(C)C(C)C(=O)CC1CCCC1. The minimum Gasteiger partial charge on any atom is -0.299 e. The Morgan fingerprint density at radius 3 is 2.36 bits per heavy atom. The Hall–Kier alpha value is -0.330. The molecule has 14 heavy (non-hydrogen) atoms. The molecule has 82 valence electrons. The van der Waals surface area contributed by atoms with Crippen molar-refractivity contribution in [2.75, 3.05) is 0 Å². The fourth-order valence-corrected chi connectivity index (χ4v) is 2.36. The van der Waals surface area contributed by atoms with Crippen molar-refractivity contribution in [1.82, 2.24) is 0 Å². The maximum absolute atomic E-state index is 11.9. The van der Waals surface area contributed by atoms with Crippen molar-refractivity contribution in [2.24, 2.45) is 17.8 Å². The molecule has 0 radical (unpaired) electrons. The average molecular weight is 196 g/mol. The minimum absolute atomic E-state index is 0.278. The van der Waals surface area contributed by atoms with Crippen molar-refractivity contribution < 1.29 is 4.79 Å². The largest absolute Gasteiger partial charge is 0.299 e. The van der Waals surface area contributed by atoms with Crippen LogP contribution in [0.3, 0.4) is 0 Å². The molecule has 1 saturated carbocycles. The van der Waals surface area contributed by atoms with E-state index in [1.54, 1.807) is 0 Å². The molecule has 0 saturated heterocycles. The predicted octanol–water partition coefficient (Wildman–Crippen LogP) is 3.82. The van der Waals surface area contributed by atoms with Gasteiger partial charge in [-0.05, 0) is 11.8 Å². The fraction of sp³-hybridized carbons (Fsp3) is 0.923. The van der Waals surface area contributed by atoms with Crippen LogP contribution in [0.15, 0.2) is 0 Å². The summed E-state index contributed by atoms with van der Waals surface area (Å²) < 4.78 is 0. The van der Waals surface area contributed by atoms with Gasteiger partial charge in [-0.2, -0.15) is 0 Å². The summed E-state index contributed by atoms with van der Waals surface area (Å²) in [4.78, 5) is 11.9. The molecular weight excluding hydrogens is 172 g/mol. The van der Waals surface area contributed by atoms with Crippen molar-refractivity contribution in [3.05, 3.63) is 0 Å². The molecule has 1 nitrogen and oxygen atoms in total. The van der Waals surface area contributed by atoms with E-state index in [0.29, 0.717) is 17.6 Å². The number of carbonyl (C=O) groups is 1. The number of ketones is 1. The normalized spacial score (nSPS) is 22.2. The average Bonchev–Trinajstić information content (AvgIpc) is 2.68. The summed E-state index contributed by atoms with van der Waals surface area (Å²) >= 11 is 0. The first kappa shape index (κ1) is 11.7. The van der Waals surface area contributed by atoms with E-state index in [0.717, 1.165) is 12.8 Å². The molecule has 0 aromatic carbocycles. The van der Waals surface area contributed by atoms with Crippen LogP contribution >= 0.6 is 0 Å². The lowest BCUT2D eigenvalue weighted by atomic mass is 9.85. The maximum atomic E-state index is 11.9. The zero-order valence-corrected chi connectivity index (χ0v) is 9.88. The third-order valence-electron chi connectivity index (χ3n) is 3.97. The van der Waals surface area contributed by atoms with Crippen LogP contribution in [0, 0.1) is 17.8 Å². The number of Topliss-reactive ketones (excluding diaryl/α,β-unsaturated/α-hetero) is 1. The van der Waals surface area contributed by atoms with Crippen LogP contribution in [-0.4, -0.2) is 5.78 Å². The van der Waals surface area contributed by atoms with Crippen molar-refractivity contribution in [3.63, 3.8) is 0 Å². The molecule has 0 amide bonds. The summed E-state index contributed by atoms with van der Waals surface area (Å²) in [6.45, 7) is 6.46. The van der Waals surface area contributed by atoms with Gasteiger partial charge in [-0.1, -0.05) is 52.9 Å². The smallest absolute Gasteiger partial charge is 0.136 e. The van der Waals surface area contributed by atoms with Gasteiger partial charge >= 0.3 is 0 Å². The fourth-order valence-electron chi connectivity index (χ4n) is 2.36. The van der Waals surface area contributed by atoms with Gasteiger partial charge in [-0.25, -0.2) is 0 Å². The molecule has 0 heterocycles. The molecule has 1 heteroatoms. The standard InChI is InChI=1S/C13H24O/c1-4-10(2)11(3)13(14)9-12-7-5-6-8-12/h10-12H,4-9H2,1-3H3. The predicted molar refractivity (Wildman–Crippen MR) is 60.2 cm³/mol. The van der Waals surface area contributed by atoms with Gasteiger partial charge in [0.2, 0.25) is 0 Å². The molecule has 0 aromatic heterocycles. The molecule has 0 aliphatic heterocycles. The molecule has 2 unspecified atom stereocenters. The van der Waals surface area contributed by atoms with Crippen molar-refractivity contribution in [1.29, 1.82) is 0 Å². The van der Waals surface area contributed by atoms with Crippen LogP contribution < -0.4 is 0 Å². The number of hydrogen-bond acceptors (Lipinski definition) is 1. The lowest BCUT2D eigenvalue weighted by Gasteiger charge is -2.18. The van der Waals surface area contributed by atoms with E-state index in [1.165, 1.54) is 25.7 Å². The van der Waals surface area contributed by atoms with Gasteiger partial charge in [0, 0.05) is 12.3 Å². The summed E-state index contributed by atoms with van der Waals surface area (Å²) in [5.74, 6) is 2.06. The first-order valence-electron chi connectivity index (χ1n) is 6.17. The van der Waals surface area contributed by atoms with Gasteiger partial charge in [0.15, 0.2) is 0 Å². The molecule has 1 aliphatic rings. The Balaban J connectivity index is 2.32. The second kappa shape index (κ2) is 5.53. The van der Waals surface area contributed by atoms with Crippen LogP contribution in [0.5, 0.6) is 0 Å². The van der Waals surface area contributed by atoms with E-state index in [1.807, 2.05) is 0 Å². The molecular formula is C13H24O. The van der Waals surface area contributed by atoms with E-state index < -0.39 is 0 Å². The second-order valence-electron chi connectivity index (χ2n) is 5.00. The van der Waals surface area contributed by atoms with E-state index in [-0.39, 0.29) is 5.92 Å². The summed E-state index contributed by atoms with van der Waals surface area (Å²) in [7, 11) is 0. The summed E-state index contributed by atoms with van der Waals surface area (Å²) in [5.41, 5.74) is 0. The van der Waals surface area contributed by atoms with Gasteiger partial charge in [0.1, 0.15) is 5.78 Å². The third kappa shape index (κ3) is 3.11. The molecule has 1 rings (SSSR count). The first-order chi connectivity index (χ1) is 6.65. The summed E-state index contributed by atoms with van der Waals surface area (Å²) in [6, 6.07) is 0. The highest BCUT2D eigenvalue weighted by molar-refractivity contribution is 5.81. The molecule has 0 spiro atoms. The van der Waals surface area contributed by atoms with Gasteiger partial charge in [-0.3, -0.25) is 4.79 Å². The Kier molecular flexibility index (Phi) is 4.64. The summed E-state index contributed by atoms with van der Waals surface area (Å²) in [6.07, 6.45) is 7.24. The molecule has 0 bridgehead atoms. The lowest BCUT2D eigenvalue weighted by molar-refractivity contribution is -0.124. The van der Waals surface area contributed by atoms with E-state index >= 15 is 0 Å². The topological polar surface area (TPSA) is 17.1 Å². The van der Waals surface area contributed by atoms with E-state index in [2.05, 4.69) is 20.8 Å². The highest BCUT2D eigenvalue weighted by atomic mass is 16.1. The minimum atomic E-state index is 0.278. The van der Waals surface area contributed by atoms with Gasteiger partial charge in [0.25, 0.3) is 0 Å². The van der Waals surface area contributed by atoms with Gasteiger partial charge < -0.3 is 0 Å². The van der Waals surface area contributed by atoms with Crippen LogP contribution in [0.1, 0.15) is 59.3 Å². The Labute approximate surface area is 88.3 Å². The lowest BCUT2D eigenvalue weighted by Crippen LogP contribution is -2.20. The molecule has 1 fully saturated rings. The molecule has 0 aromatic rings. The molecule has 0 N–H and O–H groups in total. The maximum Gasteiger partial charge on any atom is 0.136 e. The van der Waals surface area contributed by atoms with Gasteiger partial charge in [0.05, 0.1) is 0 Å². The monoisotopic (exact) mass is 196 g/mol. The van der Waals surface area contributed by atoms with Crippen LogP contribution in [0.2, 0.25) is 0 Å². The molecule has 1 aliphatic carbocycles. The van der Waals surface area contributed by atoms with Crippen LogP contribution in [0.25, 0.3) is 0 Å². The van der Waals surface area contributed by atoms with Crippen molar-refractivity contribution in [3.8, 4) is 0 Å². The van der Waals surface area contributed by atoms with E-state index in [9.17, 15) is 4.79 Å². The number of rotatable bonds is 5. The number of carbonyl (C=O) groups excluding carboxylic acids is 1. The Morgan fingerprint density at radius 1 is 1.29 bits per heavy atom. The first-order valence-corrected chi connectivity index (χ1v) is 6.17. The highest BCUT2D eigenvalue weighted by Crippen LogP contribution is 2.29. The second-order valence-corrected chi connectivity index (χ2v) is 5.00. The Morgan fingerprint density at radius 2 is 1.86 bits per heavy atom. The van der Waals surface area contributed by atoms with Crippen LogP contribution in [0.4, 0.5) is 0 Å². The Bertz CT molecular complexity index is 180. The third-order valence-corrected chi connectivity index (χ3v) is 3.97. The number of hydrogen-bond donors (Lipinski definition) is 0. The van der Waals surface area contributed by atoms with Crippen LogP contribution in [-0.2, 0) is 4.79 Å². The highest BCUT2D eigenvalue weighted by Gasteiger charge is 2.23. The van der Waals surface area contributed by atoms with Crippen molar-refractivity contribution in [2.45, 2.75) is 59.3 Å². The zero-order valence-electron chi connectivity index (χ0n) is 9.88. The van der Waals surface area contributed by atoms with Crippen molar-refractivity contribution >= 4 is 5.78 Å². The quantitative estimate of drug-likeness (QED) is 0.653. The molecule has 2 atom stereocenters. The van der Waals surface area contributed by atoms with E-state index in [4.69, 9.17) is 0 Å². The zero-order chi connectivity index (χ0) is 10.6.